The van der Waals surface area contributed by atoms with E-state index < -0.39 is 0 Å². The van der Waals surface area contributed by atoms with Crippen molar-refractivity contribution in [3.05, 3.63) is 60.0 Å². The van der Waals surface area contributed by atoms with Crippen molar-refractivity contribution in [1.82, 2.24) is 0 Å². The molecule has 0 heterocycles. The minimum absolute atomic E-state index is 0.101. The van der Waals surface area contributed by atoms with Crippen LogP contribution in [0.25, 0.3) is 0 Å². The third-order valence-corrected chi connectivity index (χ3v) is 4.54. The molecule has 98 valence electrons. The van der Waals surface area contributed by atoms with Crippen LogP contribution in [-0.4, -0.2) is 5.91 Å². The second kappa shape index (κ2) is 6.37. The van der Waals surface area contributed by atoms with E-state index in [2.05, 4.69) is 59.8 Å². The molecule has 0 fully saturated rings. The Bertz CT molecular complexity index is 643. The van der Waals surface area contributed by atoms with E-state index in [-0.39, 0.29) is 5.91 Å². The van der Waals surface area contributed by atoms with Gasteiger partial charge in [0, 0.05) is 18.2 Å². The topological polar surface area (TPSA) is 29.1 Å². The Hall–Kier alpha value is -0.400. The molecule has 0 bridgehead atoms. The smallest absolute Gasteiger partial charge is 0.256 e. The fourth-order valence-electron chi connectivity index (χ4n) is 1.63. The van der Waals surface area contributed by atoms with Crippen LogP contribution in [0.5, 0.6) is 0 Å². The Morgan fingerprint density at radius 3 is 2.42 bits per heavy atom. The lowest BCUT2D eigenvalue weighted by Crippen LogP contribution is -2.14. The molecule has 0 spiro atoms. The highest BCUT2D eigenvalue weighted by molar-refractivity contribution is 14.1. The van der Waals surface area contributed by atoms with Gasteiger partial charge in [-0.05, 0) is 71.5 Å². The van der Waals surface area contributed by atoms with Crippen LogP contribution in [0.1, 0.15) is 15.9 Å². The van der Waals surface area contributed by atoms with Gasteiger partial charge in [-0.15, -0.1) is 0 Å². The van der Waals surface area contributed by atoms with Gasteiger partial charge in [0.25, 0.3) is 5.91 Å². The minimum atomic E-state index is -0.101. The van der Waals surface area contributed by atoms with Gasteiger partial charge >= 0.3 is 0 Å². The number of hydrogen-bond donors (Lipinski definition) is 1. The number of nitrogens with one attached hydrogen (secondary N) is 1. The molecule has 1 amide bonds. The summed E-state index contributed by atoms with van der Waals surface area (Å²) >= 11 is 8.95. The molecule has 0 aliphatic carbocycles. The number of halogens is 3. The van der Waals surface area contributed by atoms with Gasteiger partial charge in [0.1, 0.15) is 0 Å². The zero-order valence-corrected chi connectivity index (χ0v) is 15.3. The molecule has 0 aliphatic rings. The second-order valence-corrected chi connectivity index (χ2v) is 7.03. The molecule has 0 aliphatic heterocycles. The molecule has 0 aromatic heterocycles. The molecule has 0 atom stereocenters. The maximum Gasteiger partial charge on any atom is 0.256 e. The monoisotopic (exact) mass is 493 g/mol. The Morgan fingerprint density at radius 2 is 1.74 bits per heavy atom. The van der Waals surface area contributed by atoms with E-state index in [4.69, 9.17) is 0 Å². The molecular weight excluding hydrogens is 485 g/mol. The number of anilines is 1. The van der Waals surface area contributed by atoms with Crippen molar-refractivity contribution in [2.24, 2.45) is 0 Å². The van der Waals surface area contributed by atoms with Crippen molar-refractivity contribution in [3.63, 3.8) is 0 Å². The van der Waals surface area contributed by atoms with Crippen molar-refractivity contribution < 1.29 is 4.79 Å². The van der Waals surface area contributed by atoms with Crippen molar-refractivity contribution in [3.8, 4) is 0 Å². The molecule has 5 heteroatoms. The molecule has 2 aromatic carbocycles. The van der Waals surface area contributed by atoms with Crippen LogP contribution in [-0.2, 0) is 0 Å². The maximum atomic E-state index is 12.3. The summed E-state index contributed by atoms with van der Waals surface area (Å²) in [5.41, 5.74) is 2.51. The van der Waals surface area contributed by atoms with Gasteiger partial charge < -0.3 is 5.32 Å². The molecule has 0 radical (unpaired) electrons. The van der Waals surface area contributed by atoms with Gasteiger partial charge in [-0.1, -0.05) is 31.9 Å². The highest BCUT2D eigenvalue weighted by atomic mass is 127. The van der Waals surface area contributed by atoms with Crippen LogP contribution in [0.3, 0.4) is 0 Å². The average Bonchev–Trinajstić information content (AvgIpc) is 2.35. The maximum absolute atomic E-state index is 12.3. The SMILES string of the molecule is Cc1cc(Br)ccc1NC(=O)c1cc(Br)ccc1I. The summed E-state index contributed by atoms with van der Waals surface area (Å²) in [6.07, 6.45) is 0. The zero-order chi connectivity index (χ0) is 14.0. The first-order chi connectivity index (χ1) is 8.97. The number of hydrogen-bond acceptors (Lipinski definition) is 1. The van der Waals surface area contributed by atoms with E-state index in [0.29, 0.717) is 5.56 Å². The highest BCUT2D eigenvalue weighted by Crippen LogP contribution is 2.23. The molecular formula is C14H10Br2INO. The molecule has 2 nitrogen and oxygen atoms in total. The fraction of sp³-hybridized carbons (Fsp3) is 0.0714. The molecule has 0 saturated heterocycles. The highest BCUT2D eigenvalue weighted by Gasteiger charge is 2.11. The second-order valence-electron chi connectivity index (χ2n) is 4.04. The Kier molecular flexibility index (Phi) is 5.03. The first-order valence-corrected chi connectivity index (χ1v) is 8.16. The normalized spacial score (nSPS) is 10.3. The molecule has 2 aromatic rings. The fourth-order valence-corrected chi connectivity index (χ4v) is 3.05. The number of carbonyl (C=O) groups is 1. The molecule has 0 saturated carbocycles. The number of aryl methyl sites for hydroxylation is 1. The Morgan fingerprint density at radius 1 is 1.11 bits per heavy atom. The van der Waals surface area contributed by atoms with Gasteiger partial charge in [-0.3, -0.25) is 4.79 Å². The molecule has 0 unspecified atom stereocenters. The minimum Gasteiger partial charge on any atom is -0.322 e. The molecule has 1 N–H and O–H groups in total. The predicted octanol–water partition coefficient (Wildman–Crippen LogP) is 5.38. The Labute approximate surface area is 142 Å². The summed E-state index contributed by atoms with van der Waals surface area (Å²) in [5.74, 6) is -0.101. The first kappa shape index (κ1) is 15.0. The lowest BCUT2D eigenvalue weighted by atomic mass is 10.1. The largest absolute Gasteiger partial charge is 0.322 e. The third kappa shape index (κ3) is 3.79. The van der Waals surface area contributed by atoms with Crippen molar-refractivity contribution >= 4 is 66.0 Å². The van der Waals surface area contributed by atoms with Gasteiger partial charge in [-0.2, -0.15) is 0 Å². The molecule has 19 heavy (non-hydrogen) atoms. The van der Waals surface area contributed by atoms with Crippen LogP contribution in [0.4, 0.5) is 5.69 Å². The van der Waals surface area contributed by atoms with Gasteiger partial charge in [0.2, 0.25) is 0 Å². The van der Waals surface area contributed by atoms with E-state index in [0.717, 1.165) is 23.8 Å². The predicted molar refractivity (Wildman–Crippen MR) is 93.7 cm³/mol. The van der Waals surface area contributed by atoms with E-state index in [9.17, 15) is 4.79 Å². The lowest BCUT2D eigenvalue weighted by molar-refractivity contribution is 0.102. The van der Waals surface area contributed by atoms with Crippen LogP contribution >= 0.6 is 54.5 Å². The number of carbonyl (C=O) groups excluding carboxylic acids is 1. The van der Waals surface area contributed by atoms with E-state index in [1.165, 1.54) is 0 Å². The first-order valence-electron chi connectivity index (χ1n) is 5.50. The van der Waals surface area contributed by atoms with Crippen molar-refractivity contribution in [2.45, 2.75) is 6.92 Å². The lowest BCUT2D eigenvalue weighted by Gasteiger charge is -2.10. The van der Waals surface area contributed by atoms with Gasteiger partial charge in [-0.25, -0.2) is 0 Å². The summed E-state index contributed by atoms with van der Waals surface area (Å²) in [6.45, 7) is 1.96. The van der Waals surface area contributed by atoms with Crippen LogP contribution < -0.4 is 5.32 Å². The molecule has 2 rings (SSSR count). The zero-order valence-electron chi connectivity index (χ0n) is 10.0. The average molecular weight is 495 g/mol. The standard InChI is InChI=1S/C14H10Br2INO/c1-8-6-9(15)3-5-13(8)18-14(19)11-7-10(16)2-4-12(11)17/h2-7H,1H3,(H,18,19). The Balaban J connectivity index is 2.28. The summed E-state index contributed by atoms with van der Waals surface area (Å²) in [5, 5.41) is 2.94. The van der Waals surface area contributed by atoms with E-state index >= 15 is 0 Å². The number of rotatable bonds is 2. The quantitative estimate of drug-likeness (QED) is 0.558. The summed E-state index contributed by atoms with van der Waals surface area (Å²) < 4.78 is 2.82. The van der Waals surface area contributed by atoms with Crippen LogP contribution in [0.2, 0.25) is 0 Å². The van der Waals surface area contributed by atoms with Crippen molar-refractivity contribution in [1.29, 1.82) is 0 Å². The van der Waals surface area contributed by atoms with E-state index in [1.807, 2.05) is 43.3 Å². The van der Waals surface area contributed by atoms with Crippen molar-refractivity contribution in [2.75, 3.05) is 5.32 Å². The summed E-state index contributed by atoms with van der Waals surface area (Å²) in [7, 11) is 0. The van der Waals surface area contributed by atoms with Crippen LogP contribution in [0.15, 0.2) is 45.3 Å². The van der Waals surface area contributed by atoms with Gasteiger partial charge in [0.05, 0.1) is 5.56 Å². The number of amides is 1. The van der Waals surface area contributed by atoms with E-state index in [1.54, 1.807) is 0 Å². The van der Waals surface area contributed by atoms with Crippen LogP contribution in [0, 0.1) is 10.5 Å². The van der Waals surface area contributed by atoms with Gasteiger partial charge in [0.15, 0.2) is 0 Å². The summed E-state index contributed by atoms with van der Waals surface area (Å²) in [6, 6.07) is 11.4. The third-order valence-electron chi connectivity index (χ3n) is 2.61. The summed E-state index contributed by atoms with van der Waals surface area (Å²) in [4.78, 5) is 12.3. The number of benzene rings is 2.